The lowest BCUT2D eigenvalue weighted by molar-refractivity contribution is -0.135. The molecule has 0 bridgehead atoms. The second-order valence-corrected chi connectivity index (χ2v) is 10.8. The minimum Gasteiger partial charge on any atom is -0.462 e. The van der Waals surface area contributed by atoms with Gasteiger partial charge in [-0.1, -0.05) is 47.5 Å². The fourth-order valence-corrected chi connectivity index (χ4v) is 4.23. The summed E-state index contributed by atoms with van der Waals surface area (Å²) in [6.45, 7) is 9.11. The van der Waals surface area contributed by atoms with E-state index in [4.69, 9.17) is 27.9 Å². The van der Waals surface area contributed by atoms with Crippen LogP contribution in [0.5, 0.6) is 5.88 Å². The number of halogens is 2. The van der Waals surface area contributed by atoms with Crippen molar-refractivity contribution in [3.63, 3.8) is 0 Å². The lowest BCUT2D eigenvalue weighted by Gasteiger charge is -2.30. The van der Waals surface area contributed by atoms with Crippen LogP contribution in [0.2, 0.25) is 10.0 Å². The van der Waals surface area contributed by atoms with Crippen LogP contribution in [0, 0.1) is 0 Å². The summed E-state index contributed by atoms with van der Waals surface area (Å²) in [5.74, 6) is -0.294. The first-order chi connectivity index (χ1) is 17.4. The maximum atomic E-state index is 13.3. The largest absolute Gasteiger partial charge is 0.462 e. The van der Waals surface area contributed by atoms with Crippen LogP contribution >= 0.6 is 23.2 Å². The van der Waals surface area contributed by atoms with Gasteiger partial charge in [-0.2, -0.15) is 0 Å². The molecule has 1 heterocycles. The maximum Gasteiger partial charge on any atom is 0.263 e. The number of nitrogens with zero attached hydrogens (tertiary/aromatic N) is 1. The molecule has 6 nitrogen and oxygen atoms in total. The van der Waals surface area contributed by atoms with Crippen LogP contribution < -0.4 is 15.4 Å². The summed E-state index contributed by atoms with van der Waals surface area (Å²) in [4.78, 5) is 29.7. The van der Waals surface area contributed by atoms with E-state index in [-0.39, 0.29) is 35.7 Å². The van der Waals surface area contributed by atoms with Gasteiger partial charge in [-0.25, -0.2) is 4.98 Å². The summed E-state index contributed by atoms with van der Waals surface area (Å²) >= 11 is 12.3. The summed E-state index contributed by atoms with van der Waals surface area (Å²) in [6, 6.07) is 18.3. The number of carbonyl (C=O) groups excluding carboxylic acids is 2. The van der Waals surface area contributed by atoms with E-state index in [0.29, 0.717) is 22.0 Å². The molecule has 1 aromatic heterocycles. The molecule has 2 unspecified atom stereocenters. The fraction of sp³-hybridized carbons (Fsp3) is 0.345. The molecular weight excluding hydrogens is 509 g/mol. The summed E-state index contributed by atoms with van der Waals surface area (Å²) in [5.41, 5.74) is 1.33. The van der Waals surface area contributed by atoms with Crippen molar-refractivity contribution in [3.05, 3.63) is 93.6 Å². The zero-order chi connectivity index (χ0) is 27.2. The molecule has 8 heteroatoms. The SMILES string of the molecule is CC(C)NC(=O)c1ccc(OC(C)(C)C(=O)NC(C)C(Cc2ccc(Cl)cc2)c2cccc(Cl)c2)nc1. The van der Waals surface area contributed by atoms with Crippen molar-refractivity contribution < 1.29 is 14.3 Å². The second-order valence-electron chi connectivity index (χ2n) is 9.88. The van der Waals surface area contributed by atoms with Gasteiger partial charge in [0.05, 0.1) is 5.56 Å². The molecule has 0 aliphatic carbocycles. The molecule has 196 valence electrons. The zero-order valence-corrected chi connectivity index (χ0v) is 23.2. The normalized spacial score (nSPS) is 13.1. The van der Waals surface area contributed by atoms with Gasteiger partial charge in [0.25, 0.3) is 11.8 Å². The Morgan fingerprint density at radius 1 is 0.946 bits per heavy atom. The average Bonchev–Trinajstić information content (AvgIpc) is 2.83. The van der Waals surface area contributed by atoms with Crippen LogP contribution in [0.25, 0.3) is 0 Å². The highest BCUT2D eigenvalue weighted by Gasteiger charge is 2.33. The van der Waals surface area contributed by atoms with E-state index < -0.39 is 5.60 Å². The fourth-order valence-electron chi connectivity index (χ4n) is 3.90. The van der Waals surface area contributed by atoms with Gasteiger partial charge >= 0.3 is 0 Å². The summed E-state index contributed by atoms with van der Waals surface area (Å²) in [7, 11) is 0. The Morgan fingerprint density at radius 2 is 1.65 bits per heavy atom. The van der Waals surface area contributed by atoms with Crippen LogP contribution in [0.4, 0.5) is 0 Å². The van der Waals surface area contributed by atoms with E-state index in [1.54, 1.807) is 26.0 Å². The second kappa shape index (κ2) is 12.4. The molecular formula is C29H33Cl2N3O3. The predicted octanol–water partition coefficient (Wildman–Crippen LogP) is 6.22. The molecule has 0 saturated carbocycles. The lowest BCUT2D eigenvalue weighted by atomic mass is 9.86. The number of aromatic nitrogens is 1. The Labute approximate surface area is 228 Å². The smallest absolute Gasteiger partial charge is 0.263 e. The van der Waals surface area contributed by atoms with Gasteiger partial charge in [-0.15, -0.1) is 0 Å². The molecule has 0 aliphatic rings. The van der Waals surface area contributed by atoms with E-state index in [1.807, 2.05) is 69.3 Å². The molecule has 0 saturated heterocycles. The van der Waals surface area contributed by atoms with E-state index in [1.165, 1.54) is 6.20 Å². The number of carbonyl (C=O) groups is 2. The van der Waals surface area contributed by atoms with Crippen LogP contribution in [-0.4, -0.2) is 34.5 Å². The standard InChI is InChI=1S/C29H33Cl2N3O3/c1-18(2)33-27(35)22-11-14-26(32-17-22)37-29(4,5)28(36)34-19(3)25(21-7-6-8-24(31)16-21)15-20-9-12-23(30)13-10-20/h6-14,16-19,25H,15H2,1-5H3,(H,33,35)(H,34,36). The van der Waals surface area contributed by atoms with Gasteiger partial charge in [0, 0.05) is 40.3 Å². The maximum absolute atomic E-state index is 13.3. The molecule has 2 aromatic carbocycles. The number of hydrogen-bond donors (Lipinski definition) is 2. The van der Waals surface area contributed by atoms with Gasteiger partial charge in [-0.3, -0.25) is 9.59 Å². The topological polar surface area (TPSA) is 80.3 Å². The molecule has 2 N–H and O–H groups in total. The van der Waals surface area contributed by atoms with Gasteiger partial charge in [0.1, 0.15) is 0 Å². The minimum absolute atomic E-state index is 0.0171. The number of rotatable bonds is 10. The summed E-state index contributed by atoms with van der Waals surface area (Å²) in [6.07, 6.45) is 2.12. The molecule has 2 amide bonds. The number of benzene rings is 2. The molecule has 0 aliphatic heterocycles. The van der Waals surface area contributed by atoms with Crippen molar-refractivity contribution in [2.45, 2.75) is 64.6 Å². The van der Waals surface area contributed by atoms with Crippen molar-refractivity contribution in [1.29, 1.82) is 0 Å². The molecule has 2 atom stereocenters. The van der Waals surface area contributed by atoms with Gasteiger partial charge in [0.15, 0.2) is 5.60 Å². The van der Waals surface area contributed by atoms with Crippen LogP contribution in [-0.2, 0) is 11.2 Å². The first kappa shape index (κ1) is 28.5. The highest BCUT2D eigenvalue weighted by molar-refractivity contribution is 6.30. The molecule has 3 rings (SSSR count). The van der Waals surface area contributed by atoms with Gasteiger partial charge in [0.2, 0.25) is 5.88 Å². The van der Waals surface area contributed by atoms with Crippen molar-refractivity contribution in [1.82, 2.24) is 15.6 Å². The third-order valence-corrected chi connectivity index (χ3v) is 6.42. The Morgan fingerprint density at radius 3 is 2.24 bits per heavy atom. The highest BCUT2D eigenvalue weighted by atomic mass is 35.5. The first-order valence-corrected chi connectivity index (χ1v) is 13.0. The molecule has 0 fully saturated rings. The third kappa shape index (κ3) is 8.20. The molecule has 37 heavy (non-hydrogen) atoms. The highest BCUT2D eigenvalue weighted by Crippen LogP contribution is 2.28. The Hall–Kier alpha value is -3.09. The number of ether oxygens (including phenoxy) is 1. The summed E-state index contributed by atoms with van der Waals surface area (Å²) < 4.78 is 5.93. The van der Waals surface area contributed by atoms with Crippen molar-refractivity contribution >= 4 is 35.0 Å². The Bertz CT molecular complexity index is 1210. The van der Waals surface area contributed by atoms with Crippen LogP contribution in [0.3, 0.4) is 0 Å². The van der Waals surface area contributed by atoms with E-state index in [0.717, 1.165) is 11.1 Å². The lowest BCUT2D eigenvalue weighted by Crippen LogP contribution is -2.51. The Kier molecular flexibility index (Phi) is 9.57. The zero-order valence-electron chi connectivity index (χ0n) is 21.7. The third-order valence-electron chi connectivity index (χ3n) is 5.93. The molecule has 0 spiro atoms. The number of pyridine rings is 1. The van der Waals surface area contributed by atoms with Crippen LogP contribution in [0.15, 0.2) is 66.9 Å². The van der Waals surface area contributed by atoms with Gasteiger partial charge < -0.3 is 15.4 Å². The van der Waals surface area contributed by atoms with Crippen molar-refractivity contribution in [2.75, 3.05) is 0 Å². The predicted molar refractivity (Wildman–Crippen MR) is 148 cm³/mol. The van der Waals surface area contributed by atoms with E-state index in [2.05, 4.69) is 15.6 Å². The summed E-state index contributed by atoms with van der Waals surface area (Å²) in [5, 5.41) is 7.24. The number of hydrogen-bond acceptors (Lipinski definition) is 4. The average molecular weight is 543 g/mol. The molecule has 0 radical (unpaired) electrons. The number of nitrogens with one attached hydrogen (secondary N) is 2. The van der Waals surface area contributed by atoms with Crippen LogP contribution in [0.1, 0.15) is 62.0 Å². The van der Waals surface area contributed by atoms with Crippen molar-refractivity contribution in [2.24, 2.45) is 0 Å². The van der Waals surface area contributed by atoms with E-state index >= 15 is 0 Å². The number of amides is 2. The molecule has 3 aromatic rings. The first-order valence-electron chi connectivity index (χ1n) is 12.2. The minimum atomic E-state index is -1.21. The Balaban J connectivity index is 1.73. The van der Waals surface area contributed by atoms with Crippen molar-refractivity contribution in [3.8, 4) is 5.88 Å². The quantitative estimate of drug-likeness (QED) is 0.319. The van der Waals surface area contributed by atoms with E-state index in [9.17, 15) is 9.59 Å². The van der Waals surface area contributed by atoms with Gasteiger partial charge in [-0.05, 0) is 82.5 Å². The monoisotopic (exact) mass is 541 g/mol.